The highest BCUT2D eigenvalue weighted by Crippen LogP contribution is 2.14. The minimum absolute atomic E-state index is 0.0432. The van der Waals surface area contributed by atoms with E-state index in [-0.39, 0.29) is 17.9 Å². The van der Waals surface area contributed by atoms with Gasteiger partial charge in [0.2, 0.25) is 11.8 Å². The summed E-state index contributed by atoms with van der Waals surface area (Å²) in [6, 6.07) is 18.3. The fourth-order valence-corrected chi connectivity index (χ4v) is 3.67. The van der Waals surface area contributed by atoms with Crippen LogP contribution in [0.2, 0.25) is 0 Å². The summed E-state index contributed by atoms with van der Waals surface area (Å²) >= 11 is 0. The van der Waals surface area contributed by atoms with E-state index in [2.05, 4.69) is 48.6 Å². The van der Waals surface area contributed by atoms with Crippen molar-refractivity contribution in [2.75, 3.05) is 6.54 Å². The third-order valence-electron chi connectivity index (χ3n) is 5.93. The third kappa shape index (κ3) is 7.86. The molecule has 4 nitrogen and oxygen atoms in total. The number of carbonyl (C=O) groups excluding carboxylic acids is 2. The largest absolute Gasteiger partial charge is 0.352 e. The second kappa shape index (κ2) is 12.9. The summed E-state index contributed by atoms with van der Waals surface area (Å²) in [5.41, 5.74) is 3.63. The summed E-state index contributed by atoms with van der Waals surface area (Å²) in [5.74, 6) is -0.00721. The van der Waals surface area contributed by atoms with Crippen LogP contribution in [0.3, 0.4) is 0 Å². The standard InChI is InChI=1S/C27H38N2O2/c1-5-21(4)28-27(31)25(7-3)29(20-19-23-11-9-8-10-12-23)26(30)18-17-24-15-13-22(6-2)14-16-24/h8-16,21,25H,5-7,17-20H2,1-4H3,(H,28,31)/t21-,25+/m0/s1. The molecule has 1 N–H and O–H groups in total. The summed E-state index contributed by atoms with van der Waals surface area (Å²) < 4.78 is 0. The van der Waals surface area contributed by atoms with E-state index in [0.717, 1.165) is 24.8 Å². The summed E-state index contributed by atoms with van der Waals surface area (Å²) in [6.07, 6.45) is 4.32. The summed E-state index contributed by atoms with van der Waals surface area (Å²) in [7, 11) is 0. The van der Waals surface area contributed by atoms with Crippen LogP contribution < -0.4 is 5.32 Å². The summed E-state index contributed by atoms with van der Waals surface area (Å²) in [4.78, 5) is 28.0. The first kappa shape index (κ1) is 24.6. The van der Waals surface area contributed by atoms with Crippen LogP contribution in [0.15, 0.2) is 54.6 Å². The SMILES string of the molecule is CCc1ccc(CCC(=O)N(CCc2ccccc2)[C@H](CC)C(=O)N[C@@H](C)CC)cc1. The van der Waals surface area contributed by atoms with Gasteiger partial charge >= 0.3 is 0 Å². The average Bonchev–Trinajstić information content (AvgIpc) is 2.80. The molecule has 0 aliphatic carbocycles. The zero-order valence-electron chi connectivity index (χ0n) is 19.6. The molecule has 0 aliphatic heterocycles. The van der Waals surface area contributed by atoms with Crippen molar-refractivity contribution < 1.29 is 9.59 Å². The van der Waals surface area contributed by atoms with Crippen molar-refractivity contribution in [3.05, 3.63) is 71.3 Å². The van der Waals surface area contributed by atoms with Gasteiger partial charge < -0.3 is 10.2 Å². The quantitative estimate of drug-likeness (QED) is 0.526. The van der Waals surface area contributed by atoms with E-state index in [9.17, 15) is 9.59 Å². The molecule has 0 fully saturated rings. The number of nitrogens with zero attached hydrogens (tertiary/aromatic N) is 1. The van der Waals surface area contributed by atoms with Crippen LogP contribution in [-0.2, 0) is 28.9 Å². The predicted molar refractivity (Wildman–Crippen MR) is 128 cm³/mol. The van der Waals surface area contributed by atoms with Gasteiger partial charge in [-0.05, 0) is 55.7 Å². The number of hydrogen-bond donors (Lipinski definition) is 1. The normalized spacial score (nSPS) is 12.8. The van der Waals surface area contributed by atoms with Gasteiger partial charge in [0.25, 0.3) is 0 Å². The monoisotopic (exact) mass is 422 g/mol. The molecule has 0 unspecified atom stereocenters. The van der Waals surface area contributed by atoms with E-state index in [1.165, 1.54) is 11.1 Å². The van der Waals surface area contributed by atoms with Crippen molar-refractivity contribution in [2.24, 2.45) is 0 Å². The van der Waals surface area contributed by atoms with E-state index in [1.54, 1.807) is 4.90 Å². The topological polar surface area (TPSA) is 49.4 Å². The van der Waals surface area contributed by atoms with Crippen LogP contribution in [0.25, 0.3) is 0 Å². The van der Waals surface area contributed by atoms with Gasteiger partial charge in [0.05, 0.1) is 0 Å². The first-order valence-corrected chi connectivity index (χ1v) is 11.7. The van der Waals surface area contributed by atoms with Crippen molar-refractivity contribution in [3.8, 4) is 0 Å². The van der Waals surface area contributed by atoms with Gasteiger partial charge in [-0.1, -0.05) is 75.4 Å². The molecule has 0 saturated heterocycles. The molecule has 2 atom stereocenters. The van der Waals surface area contributed by atoms with E-state index < -0.39 is 6.04 Å². The smallest absolute Gasteiger partial charge is 0.243 e. The molecule has 0 aliphatic rings. The van der Waals surface area contributed by atoms with Gasteiger partial charge in [-0.25, -0.2) is 0 Å². The van der Waals surface area contributed by atoms with Gasteiger partial charge in [0, 0.05) is 19.0 Å². The Hall–Kier alpha value is -2.62. The van der Waals surface area contributed by atoms with Crippen LogP contribution in [0.4, 0.5) is 0 Å². The molecule has 2 rings (SSSR count). The van der Waals surface area contributed by atoms with Crippen molar-refractivity contribution >= 4 is 11.8 Å². The Morgan fingerprint density at radius 1 is 0.839 bits per heavy atom. The Bertz CT molecular complexity index is 802. The molecular formula is C27H38N2O2. The number of nitrogens with one attached hydrogen (secondary N) is 1. The fourth-order valence-electron chi connectivity index (χ4n) is 3.67. The third-order valence-corrected chi connectivity index (χ3v) is 5.93. The maximum absolute atomic E-state index is 13.3. The minimum atomic E-state index is -0.437. The number of carbonyl (C=O) groups is 2. The number of rotatable bonds is 12. The van der Waals surface area contributed by atoms with E-state index in [4.69, 9.17) is 0 Å². The summed E-state index contributed by atoms with van der Waals surface area (Å²) in [5, 5.41) is 3.07. The van der Waals surface area contributed by atoms with Gasteiger partial charge in [0.1, 0.15) is 6.04 Å². The molecule has 0 heterocycles. The minimum Gasteiger partial charge on any atom is -0.352 e. The molecule has 2 aromatic carbocycles. The van der Waals surface area contributed by atoms with Crippen molar-refractivity contribution in [1.29, 1.82) is 0 Å². The molecule has 2 aromatic rings. The van der Waals surface area contributed by atoms with Crippen LogP contribution in [0.5, 0.6) is 0 Å². The number of benzene rings is 2. The maximum Gasteiger partial charge on any atom is 0.243 e. The van der Waals surface area contributed by atoms with Crippen LogP contribution in [0.1, 0.15) is 63.6 Å². The van der Waals surface area contributed by atoms with E-state index in [1.807, 2.05) is 39.0 Å². The molecule has 2 amide bonds. The molecule has 168 valence electrons. The highest BCUT2D eigenvalue weighted by atomic mass is 16.2. The van der Waals surface area contributed by atoms with Crippen LogP contribution in [-0.4, -0.2) is 35.3 Å². The lowest BCUT2D eigenvalue weighted by Crippen LogP contribution is -2.51. The van der Waals surface area contributed by atoms with Gasteiger partial charge in [-0.3, -0.25) is 9.59 Å². The molecule has 0 saturated carbocycles. The highest BCUT2D eigenvalue weighted by molar-refractivity contribution is 5.88. The molecule has 0 spiro atoms. The maximum atomic E-state index is 13.3. The Morgan fingerprint density at radius 2 is 1.45 bits per heavy atom. The molecule has 0 bridgehead atoms. The number of aryl methyl sites for hydroxylation is 2. The van der Waals surface area contributed by atoms with Gasteiger partial charge in [-0.2, -0.15) is 0 Å². The Balaban J connectivity index is 2.11. The van der Waals surface area contributed by atoms with E-state index in [0.29, 0.717) is 25.8 Å². The van der Waals surface area contributed by atoms with Crippen LogP contribution in [0, 0.1) is 0 Å². The van der Waals surface area contributed by atoms with Gasteiger partial charge in [-0.15, -0.1) is 0 Å². The molecule has 31 heavy (non-hydrogen) atoms. The van der Waals surface area contributed by atoms with Crippen molar-refractivity contribution in [1.82, 2.24) is 10.2 Å². The lowest BCUT2D eigenvalue weighted by atomic mass is 10.0. The first-order valence-electron chi connectivity index (χ1n) is 11.7. The van der Waals surface area contributed by atoms with E-state index >= 15 is 0 Å². The van der Waals surface area contributed by atoms with Crippen molar-refractivity contribution in [2.45, 2.75) is 78.3 Å². The average molecular weight is 423 g/mol. The Kier molecular flexibility index (Phi) is 10.3. The van der Waals surface area contributed by atoms with Crippen molar-refractivity contribution in [3.63, 3.8) is 0 Å². The number of hydrogen-bond acceptors (Lipinski definition) is 2. The zero-order valence-corrected chi connectivity index (χ0v) is 19.6. The second-order valence-electron chi connectivity index (χ2n) is 8.23. The Labute approximate surface area is 188 Å². The first-order chi connectivity index (χ1) is 15.0. The molecule has 0 aromatic heterocycles. The Morgan fingerprint density at radius 3 is 2.03 bits per heavy atom. The molecular weight excluding hydrogens is 384 g/mol. The fraction of sp³-hybridized carbons (Fsp3) is 0.481. The lowest BCUT2D eigenvalue weighted by molar-refractivity contribution is -0.141. The lowest BCUT2D eigenvalue weighted by Gasteiger charge is -2.31. The predicted octanol–water partition coefficient (Wildman–Crippen LogP) is 4.95. The molecule has 4 heteroatoms. The molecule has 0 radical (unpaired) electrons. The number of amides is 2. The zero-order chi connectivity index (χ0) is 22.6. The summed E-state index contributed by atoms with van der Waals surface area (Å²) in [6.45, 7) is 8.71. The second-order valence-corrected chi connectivity index (χ2v) is 8.23. The van der Waals surface area contributed by atoms with Crippen LogP contribution >= 0.6 is 0 Å². The van der Waals surface area contributed by atoms with Gasteiger partial charge in [0.15, 0.2) is 0 Å². The highest BCUT2D eigenvalue weighted by Gasteiger charge is 2.28.